The van der Waals surface area contributed by atoms with Crippen molar-refractivity contribution in [2.75, 3.05) is 5.32 Å². The maximum absolute atomic E-state index is 14.7. The predicted octanol–water partition coefficient (Wildman–Crippen LogP) is 6.78. The molecule has 28 heavy (non-hydrogen) atoms. The lowest BCUT2D eigenvalue weighted by molar-refractivity contribution is -0.137. The molecule has 4 rings (SSSR count). The quantitative estimate of drug-likeness (QED) is 0.369. The third-order valence-electron chi connectivity index (χ3n) is 4.30. The lowest BCUT2D eigenvalue weighted by Gasteiger charge is -2.09. The average Bonchev–Trinajstić information content (AvgIpc) is 3.08. The molecule has 1 heterocycles. The Bertz CT molecular complexity index is 1140. The van der Waals surface area contributed by atoms with Crippen molar-refractivity contribution >= 4 is 34.0 Å². The largest absolute Gasteiger partial charge is 0.416 e. The van der Waals surface area contributed by atoms with Crippen LogP contribution in [0.1, 0.15) is 5.56 Å². The van der Waals surface area contributed by atoms with Crippen LogP contribution < -0.4 is 5.32 Å². The Morgan fingerprint density at radius 1 is 0.964 bits per heavy atom. The third kappa shape index (κ3) is 3.29. The van der Waals surface area contributed by atoms with E-state index in [-0.39, 0.29) is 16.4 Å². The van der Waals surface area contributed by atoms with Crippen LogP contribution in [0, 0.1) is 5.82 Å². The molecule has 0 unspecified atom stereocenters. The Hall–Kier alpha value is -3.06. The van der Waals surface area contributed by atoms with Crippen molar-refractivity contribution < 1.29 is 17.6 Å². The van der Waals surface area contributed by atoms with Crippen LogP contribution in [-0.2, 0) is 6.18 Å². The first-order valence-corrected chi connectivity index (χ1v) is 8.58. The summed E-state index contributed by atoms with van der Waals surface area (Å²) in [6.07, 6.45) is -4.41. The molecule has 0 atom stereocenters. The highest BCUT2D eigenvalue weighted by Gasteiger charge is 2.30. The molecule has 0 saturated carbocycles. The second kappa shape index (κ2) is 6.83. The molecule has 142 valence electrons. The van der Waals surface area contributed by atoms with Gasteiger partial charge in [0.1, 0.15) is 5.52 Å². The fraction of sp³-hybridized carbons (Fsp3) is 0.0500. The summed E-state index contributed by atoms with van der Waals surface area (Å²) in [4.78, 5) is 0. The molecule has 2 N–H and O–H groups in total. The van der Waals surface area contributed by atoms with Crippen molar-refractivity contribution in [3.8, 4) is 11.1 Å². The third-order valence-corrected chi connectivity index (χ3v) is 4.67. The standard InChI is InChI=1S/C20H12ClF4N3/c21-16-14(11-4-2-1-3-5-11)10-15-18(17(16)22)27-28-19(15)26-13-8-6-12(7-9-13)20(23,24)25/h1-10H,(H2,26,27,28). The second-order valence-corrected chi connectivity index (χ2v) is 6.49. The lowest BCUT2D eigenvalue weighted by atomic mass is 10.0. The highest BCUT2D eigenvalue weighted by molar-refractivity contribution is 6.34. The number of rotatable bonds is 3. The van der Waals surface area contributed by atoms with E-state index in [4.69, 9.17) is 11.6 Å². The molecule has 0 saturated heterocycles. The summed E-state index contributed by atoms with van der Waals surface area (Å²) in [5.41, 5.74) is 0.963. The van der Waals surface area contributed by atoms with Gasteiger partial charge in [-0.05, 0) is 35.9 Å². The van der Waals surface area contributed by atoms with Gasteiger partial charge in [0.25, 0.3) is 0 Å². The molecule has 0 aliphatic heterocycles. The monoisotopic (exact) mass is 405 g/mol. The molecule has 8 heteroatoms. The molecule has 0 radical (unpaired) electrons. The summed E-state index contributed by atoms with van der Waals surface area (Å²) in [6, 6.07) is 15.2. The Kier molecular flexibility index (Phi) is 4.47. The first-order chi connectivity index (χ1) is 13.3. The minimum atomic E-state index is -4.41. The van der Waals surface area contributed by atoms with Crippen LogP contribution in [0.5, 0.6) is 0 Å². The van der Waals surface area contributed by atoms with Crippen molar-refractivity contribution in [1.29, 1.82) is 0 Å². The van der Waals surface area contributed by atoms with Crippen LogP contribution in [0.4, 0.5) is 29.1 Å². The van der Waals surface area contributed by atoms with E-state index < -0.39 is 17.6 Å². The number of benzene rings is 3. The molecule has 0 bridgehead atoms. The van der Waals surface area contributed by atoms with E-state index in [1.807, 2.05) is 18.2 Å². The van der Waals surface area contributed by atoms with Crippen molar-refractivity contribution in [1.82, 2.24) is 10.2 Å². The zero-order valence-corrected chi connectivity index (χ0v) is 14.9. The minimum Gasteiger partial charge on any atom is -0.338 e. The van der Waals surface area contributed by atoms with Gasteiger partial charge < -0.3 is 5.32 Å². The van der Waals surface area contributed by atoms with E-state index >= 15 is 0 Å². The summed E-state index contributed by atoms with van der Waals surface area (Å²) >= 11 is 6.19. The number of fused-ring (bicyclic) bond motifs is 1. The Balaban J connectivity index is 1.75. The highest BCUT2D eigenvalue weighted by Crippen LogP contribution is 2.37. The molecule has 4 aromatic rings. The number of hydrogen-bond donors (Lipinski definition) is 2. The number of nitrogens with one attached hydrogen (secondary N) is 2. The maximum atomic E-state index is 14.7. The number of halogens is 5. The molecule has 0 aliphatic carbocycles. The second-order valence-electron chi connectivity index (χ2n) is 6.11. The molecule has 0 spiro atoms. The number of H-pyrrole nitrogens is 1. The predicted molar refractivity (Wildman–Crippen MR) is 101 cm³/mol. The Labute approximate surface area is 162 Å². The van der Waals surface area contributed by atoms with Crippen molar-refractivity contribution in [3.63, 3.8) is 0 Å². The summed E-state index contributed by atoms with van der Waals surface area (Å²) in [6.45, 7) is 0. The molecule has 0 fully saturated rings. The lowest BCUT2D eigenvalue weighted by Crippen LogP contribution is -2.04. The van der Waals surface area contributed by atoms with Gasteiger partial charge in [-0.3, -0.25) is 5.10 Å². The minimum absolute atomic E-state index is 0.0385. The van der Waals surface area contributed by atoms with Crippen LogP contribution in [-0.4, -0.2) is 10.2 Å². The summed E-state index contributed by atoms with van der Waals surface area (Å²) in [7, 11) is 0. The number of alkyl halides is 3. The van der Waals surface area contributed by atoms with Gasteiger partial charge in [0.2, 0.25) is 0 Å². The van der Waals surface area contributed by atoms with Gasteiger partial charge in [-0.1, -0.05) is 41.9 Å². The van der Waals surface area contributed by atoms with Crippen LogP contribution in [0.15, 0.2) is 60.7 Å². The molecule has 0 amide bonds. The first-order valence-electron chi connectivity index (χ1n) is 8.20. The molecule has 1 aromatic heterocycles. The van der Waals surface area contributed by atoms with Gasteiger partial charge in [-0.15, -0.1) is 0 Å². The van der Waals surface area contributed by atoms with Gasteiger partial charge in [0.05, 0.1) is 10.6 Å². The van der Waals surface area contributed by atoms with Gasteiger partial charge >= 0.3 is 6.18 Å². The Morgan fingerprint density at radius 3 is 2.29 bits per heavy atom. The van der Waals surface area contributed by atoms with Crippen molar-refractivity contribution in [2.24, 2.45) is 0 Å². The molecular weight excluding hydrogens is 394 g/mol. The molecular formula is C20H12ClF4N3. The summed E-state index contributed by atoms with van der Waals surface area (Å²) < 4.78 is 52.8. The van der Waals surface area contributed by atoms with Gasteiger partial charge in [0.15, 0.2) is 11.6 Å². The average molecular weight is 406 g/mol. The summed E-state index contributed by atoms with van der Waals surface area (Å²) in [5.74, 6) is -0.367. The van der Waals surface area contributed by atoms with Crippen LogP contribution >= 0.6 is 11.6 Å². The number of aromatic amines is 1. The van der Waals surface area contributed by atoms with Gasteiger partial charge in [-0.25, -0.2) is 4.39 Å². The Morgan fingerprint density at radius 2 is 1.64 bits per heavy atom. The highest BCUT2D eigenvalue weighted by atomic mass is 35.5. The van der Waals surface area contributed by atoms with E-state index in [9.17, 15) is 17.6 Å². The fourth-order valence-electron chi connectivity index (χ4n) is 2.90. The van der Waals surface area contributed by atoms with E-state index in [0.29, 0.717) is 16.6 Å². The van der Waals surface area contributed by atoms with Crippen molar-refractivity contribution in [2.45, 2.75) is 6.18 Å². The first kappa shape index (κ1) is 18.3. The van der Waals surface area contributed by atoms with E-state index in [1.54, 1.807) is 18.2 Å². The molecule has 3 nitrogen and oxygen atoms in total. The number of nitrogens with zero attached hydrogens (tertiary/aromatic N) is 1. The van der Waals surface area contributed by atoms with E-state index in [0.717, 1.165) is 17.7 Å². The maximum Gasteiger partial charge on any atom is 0.416 e. The SMILES string of the molecule is Fc1c(Cl)c(-c2ccccc2)cc2c(Nc3ccc(C(F)(F)F)cc3)n[nH]c12. The van der Waals surface area contributed by atoms with E-state index in [1.165, 1.54) is 12.1 Å². The number of aromatic nitrogens is 2. The van der Waals surface area contributed by atoms with Gasteiger partial charge in [-0.2, -0.15) is 18.3 Å². The number of anilines is 2. The van der Waals surface area contributed by atoms with Crippen LogP contribution in [0.25, 0.3) is 22.0 Å². The normalized spacial score (nSPS) is 11.8. The zero-order valence-electron chi connectivity index (χ0n) is 14.1. The topological polar surface area (TPSA) is 40.7 Å². The van der Waals surface area contributed by atoms with Gasteiger partial charge in [0, 0.05) is 16.6 Å². The van der Waals surface area contributed by atoms with Crippen LogP contribution in [0.2, 0.25) is 5.02 Å². The van der Waals surface area contributed by atoms with Crippen molar-refractivity contribution in [3.05, 3.63) is 77.1 Å². The smallest absolute Gasteiger partial charge is 0.338 e. The number of hydrogen-bond acceptors (Lipinski definition) is 2. The summed E-state index contributed by atoms with van der Waals surface area (Å²) in [5, 5.41) is 9.93. The van der Waals surface area contributed by atoms with E-state index in [2.05, 4.69) is 15.5 Å². The molecule has 0 aliphatic rings. The molecule has 3 aromatic carbocycles. The zero-order chi connectivity index (χ0) is 19.9. The van der Waals surface area contributed by atoms with Crippen LogP contribution in [0.3, 0.4) is 0 Å². The fourth-order valence-corrected chi connectivity index (χ4v) is 3.15.